The highest BCUT2D eigenvalue weighted by atomic mass is 16.5. The summed E-state index contributed by atoms with van der Waals surface area (Å²) < 4.78 is 7.07. The summed E-state index contributed by atoms with van der Waals surface area (Å²) in [5, 5.41) is 11.0. The molecule has 7 nitrogen and oxygen atoms in total. The Bertz CT molecular complexity index is 765. The number of nitrogens with zero attached hydrogens (tertiary/aromatic N) is 3. The smallest absolute Gasteiger partial charge is 0.338 e. The molecule has 1 aromatic carbocycles. The van der Waals surface area contributed by atoms with Crippen molar-refractivity contribution in [3.63, 3.8) is 0 Å². The third-order valence-electron chi connectivity index (χ3n) is 4.65. The van der Waals surface area contributed by atoms with Crippen LogP contribution in [0.3, 0.4) is 0 Å². The van der Waals surface area contributed by atoms with Crippen LogP contribution in [0.25, 0.3) is 11.0 Å². The molecule has 1 aliphatic rings. The van der Waals surface area contributed by atoms with Crippen LogP contribution in [0.1, 0.15) is 56.3 Å². The highest BCUT2D eigenvalue weighted by molar-refractivity contribution is 5.95. The lowest BCUT2D eigenvalue weighted by Gasteiger charge is -2.24. The second-order valence-electron chi connectivity index (χ2n) is 6.50. The van der Waals surface area contributed by atoms with Crippen LogP contribution in [0.15, 0.2) is 18.2 Å². The van der Waals surface area contributed by atoms with Gasteiger partial charge in [-0.3, -0.25) is 4.79 Å². The molecular weight excluding hydrogens is 320 g/mol. The Balaban J connectivity index is 1.61. The molecule has 0 spiro atoms. The van der Waals surface area contributed by atoms with Gasteiger partial charge >= 0.3 is 5.97 Å². The number of carbonyl (C=O) groups excluding carboxylic acids is 2. The first-order valence-electron chi connectivity index (χ1n) is 8.93. The molecule has 0 aliphatic heterocycles. The summed E-state index contributed by atoms with van der Waals surface area (Å²) in [5.74, 6) is -0.766. The van der Waals surface area contributed by atoms with Gasteiger partial charge in [0.05, 0.1) is 11.1 Å². The molecule has 2 aromatic rings. The summed E-state index contributed by atoms with van der Waals surface area (Å²) >= 11 is 0. The van der Waals surface area contributed by atoms with E-state index in [1.165, 1.54) is 6.42 Å². The zero-order valence-electron chi connectivity index (χ0n) is 14.7. The number of rotatable bonds is 5. The van der Waals surface area contributed by atoms with Gasteiger partial charge in [-0.2, -0.15) is 0 Å². The number of hydrogen-bond donors (Lipinski definition) is 1. The molecule has 1 amide bonds. The van der Waals surface area contributed by atoms with Crippen molar-refractivity contribution in [3.8, 4) is 0 Å². The molecule has 7 heteroatoms. The second-order valence-corrected chi connectivity index (χ2v) is 6.50. The lowest BCUT2D eigenvalue weighted by molar-refractivity contribution is -0.130. The van der Waals surface area contributed by atoms with E-state index in [9.17, 15) is 9.59 Å². The summed E-state index contributed by atoms with van der Waals surface area (Å²) in [7, 11) is 0. The van der Waals surface area contributed by atoms with Crippen LogP contribution in [0.2, 0.25) is 0 Å². The normalized spacial score (nSPS) is 16.6. The van der Waals surface area contributed by atoms with E-state index in [0.29, 0.717) is 17.6 Å². The number of aromatic nitrogens is 3. The van der Waals surface area contributed by atoms with Crippen LogP contribution in [0.4, 0.5) is 0 Å². The van der Waals surface area contributed by atoms with Gasteiger partial charge in [0.25, 0.3) is 5.91 Å². The summed E-state index contributed by atoms with van der Waals surface area (Å²) in [6.07, 6.45) is 4.67. The van der Waals surface area contributed by atoms with Gasteiger partial charge in [-0.1, -0.05) is 24.5 Å². The first-order valence-corrected chi connectivity index (χ1v) is 8.93. The van der Waals surface area contributed by atoms with E-state index in [1.54, 1.807) is 29.8 Å². The number of benzene rings is 1. The van der Waals surface area contributed by atoms with Crippen LogP contribution in [-0.2, 0) is 16.1 Å². The fraction of sp³-hybridized carbons (Fsp3) is 0.556. The Morgan fingerprint density at radius 2 is 2.08 bits per heavy atom. The largest absolute Gasteiger partial charge is 0.449 e. The van der Waals surface area contributed by atoms with Crippen molar-refractivity contribution in [1.82, 2.24) is 20.3 Å². The highest BCUT2D eigenvalue weighted by Gasteiger charge is 2.23. The molecule has 1 atom stereocenters. The number of aryl methyl sites for hydroxylation is 1. The van der Waals surface area contributed by atoms with Crippen LogP contribution in [0, 0.1) is 0 Å². The predicted octanol–water partition coefficient (Wildman–Crippen LogP) is 2.45. The minimum absolute atomic E-state index is 0.197. The van der Waals surface area contributed by atoms with Crippen molar-refractivity contribution in [2.24, 2.45) is 0 Å². The van der Waals surface area contributed by atoms with Crippen molar-refractivity contribution in [3.05, 3.63) is 23.8 Å². The van der Waals surface area contributed by atoms with Gasteiger partial charge in [0, 0.05) is 12.6 Å². The zero-order chi connectivity index (χ0) is 17.8. The molecule has 1 aliphatic carbocycles. The third-order valence-corrected chi connectivity index (χ3v) is 4.65. The molecule has 1 unspecified atom stereocenters. The monoisotopic (exact) mass is 344 g/mol. The molecule has 1 fully saturated rings. The van der Waals surface area contributed by atoms with Crippen LogP contribution < -0.4 is 5.32 Å². The minimum atomic E-state index is -0.823. The molecule has 134 valence electrons. The topological polar surface area (TPSA) is 86.1 Å². The molecule has 0 saturated heterocycles. The summed E-state index contributed by atoms with van der Waals surface area (Å²) in [5.41, 5.74) is 1.87. The van der Waals surface area contributed by atoms with Crippen molar-refractivity contribution in [2.45, 2.75) is 64.6 Å². The molecule has 0 radical (unpaired) electrons. The molecular formula is C18H24N4O3. The summed E-state index contributed by atoms with van der Waals surface area (Å²) in [6.45, 7) is 4.28. The van der Waals surface area contributed by atoms with Crippen molar-refractivity contribution in [2.75, 3.05) is 0 Å². The molecule has 1 N–H and O–H groups in total. The van der Waals surface area contributed by atoms with E-state index < -0.39 is 12.1 Å². The van der Waals surface area contributed by atoms with Gasteiger partial charge in [-0.05, 0) is 44.9 Å². The Labute approximate surface area is 146 Å². The molecule has 1 saturated carbocycles. The fourth-order valence-corrected chi connectivity index (χ4v) is 3.18. The SMILES string of the molecule is CCn1nnc2cc(C(=O)OC(C)C(=O)NC3CCCCC3)ccc21. The summed E-state index contributed by atoms with van der Waals surface area (Å²) in [4.78, 5) is 24.5. The number of amides is 1. The van der Waals surface area contributed by atoms with Gasteiger partial charge < -0.3 is 10.1 Å². The molecule has 3 rings (SSSR count). The lowest BCUT2D eigenvalue weighted by atomic mass is 9.95. The Hall–Kier alpha value is -2.44. The van der Waals surface area contributed by atoms with E-state index in [0.717, 1.165) is 31.2 Å². The average Bonchev–Trinajstić information content (AvgIpc) is 3.04. The molecule has 0 bridgehead atoms. The molecule has 1 aromatic heterocycles. The predicted molar refractivity (Wildman–Crippen MR) is 93.1 cm³/mol. The Morgan fingerprint density at radius 1 is 1.32 bits per heavy atom. The number of hydrogen-bond acceptors (Lipinski definition) is 5. The van der Waals surface area contributed by atoms with Crippen LogP contribution in [-0.4, -0.2) is 39.0 Å². The van der Waals surface area contributed by atoms with Crippen molar-refractivity contribution < 1.29 is 14.3 Å². The summed E-state index contributed by atoms with van der Waals surface area (Å²) in [6, 6.07) is 5.30. The van der Waals surface area contributed by atoms with Gasteiger partial charge in [0.1, 0.15) is 5.52 Å². The second kappa shape index (κ2) is 7.63. The lowest BCUT2D eigenvalue weighted by Crippen LogP contribution is -2.42. The highest BCUT2D eigenvalue weighted by Crippen LogP contribution is 2.18. The first kappa shape index (κ1) is 17.4. The van der Waals surface area contributed by atoms with Gasteiger partial charge in [-0.25, -0.2) is 9.48 Å². The number of nitrogens with one attached hydrogen (secondary N) is 1. The number of carbonyl (C=O) groups is 2. The van der Waals surface area contributed by atoms with Crippen LogP contribution >= 0.6 is 0 Å². The average molecular weight is 344 g/mol. The number of ether oxygens (including phenoxy) is 1. The van der Waals surface area contributed by atoms with E-state index in [1.807, 2.05) is 6.92 Å². The van der Waals surface area contributed by atoms with Gasteiger partial charge in [0.15, 0.2) is 6.10 Å². The fourth-order valence-electron chi connectivity index (χ4n) is 3.18. The Kier molecular flexibility index (Phi) is 5.31. The zero-order valence-corrected chi connectivity index (χ0v) is 14.7. The maximum absolute atomic E-state index is 12.3. The van der Waals surface area contributed by atoms with E-state index in [2.05, 4.69) is 15.6 Å². The number of fused-ring (bicyclic) bond motifs is 1. The van der Waals surface area contributed by atoms with Crippen molar-refractivity contribution in [1.29, 1.82) is 0 Å². The molecule has 25 heavy (non-hydrogen) atoms. The Morgan fingerprint density at radius 3 is 2.80 bits per heavy atom. The molecule has 1 heterocycles. The first-order chi connectivity index (χ1) is 12.1. The van der Waals surface area contributed by atoms with Crippen LogP contribution in [0.5, 0.6) is 0 Å². The maximum atomic E-state index is 12.3. The third kappa shape index (κ3) is 3.97. The van der Waals surface area contributed by atoms with Gasteiger partial charge in [0.2, 0.25) is 0 Å². The quantitative estimate of drug-likeness (QED) is 0.842. The van der Waals surface area contributed by atoms with E-state index >= 15 is 0 Å². The van der Waals surface area contributed by atoms with E-state index in [-0.39, 0.29) is 11.9 Å². The van der Waals surface area contributed by atoms with Gasteiger partial charge in [-0.15, -0.1) is 5.10 Å². The maximum Gasteiger partial charge on any atom is 0.338 e. The number of esters is 1. The van der Waals surface area contributed by atoms with E-state index in [4.69, 9.17) is 4.74 Å². The van der Waals surface area contributed by atoms with Crippen molar-refractivity contribution >= 4 is 22.9 Å². The standard InChI is InChI=1S/C18H24N4O3/c1-3-22-16-10-9-13(11-15(16)20-21-22)18(24)25-12(2)17(23)19-14-7-5-4-6-8-14/h9-12,14H,3-8H2,1-2H3,(H,19,23). The minimum Gasteiger partial charge on any atom is -0.449 e.